The number of fused-ring (bicyclic) bond motifs is 1. The molecule has 1 amide bonds. The quantitative estimate of drug-likeness (QED) is 0.776. The van der Waals surface area contributed by atoms with Gasteiger partial charge in [0.25, 0.3) is 5.91 Å². The van der Waals surface area contributed by atoms with Gasteiger partial charge in [-0.05, 0) is 28.3 Å². The van der Waals surface area contributed by atoms with Crippen molar-refractivity contribution in [2.45, 2.75) is 6.10 Å². The Hall–Kier alpha value is -1.69. The molecule has 102 valence electrons. The van der Waals surface area contributed by atoms with E-state index in [-0.39, 0.29) is 12.5 Å². The fourth-order valence-corrected chi connectivity index (χ4v) is 3.70. The van der Waals surface area contributed by atoms with Crippen LogP contribution in [0.4, 0.5) is 0 Å². The summed E-state index contributed by atoms with van der Waals surface area (Å²) in [4.78, 5) is 11.8. The molecular weight excluding hydrogens is 290 g/mol. The minimum Gasteiger partial charge on any atom is -0.387 e. The lowest BCUT2D eigenvalue weighted by Gasteiger charge is -2.11. The van der Waals surface area contributed by atoms with E-state index in [1.54, 1.807) is 22.8 Å². The first-order chi connectivity index (χ1) is 9.75. The highest BCUT2D eigenvalue weighted by Gasteiger charge is 2.14. The maximum absolute atomic E-state index is 11.8. The summed E-state index contributed by atoms with van der Waals surface area (Å²) in [5.74, 6) is -0.148. The van der Waals surface area contributed by atoms with Crippen LogP contribution in [0.15, 0.2) is 46.5 Å². The van der Waals surface area contributed by atoms with Crippen molar-refractivity contribution >= 4 is 38.7 Å². The van der Waals surface area contributed by atoms with E-state index in [9.17, 15) is 9.90 Å². The van der Waals surface area contributed by atoms with Gasteiger partial charge in [0, 0.05) is 27.8 Å². The third-order valence-corrected chi connectivity index (χ3v) is 4.77. The average molecular weight is 303 g/mol. The van der Waals surface area contributed by atoms with E-state index >= 15 is 0 Å². The van der Waals surface area contributed by atoms with Crippen molar-refractivity contribution in [2.75, 3.05) is 6.54 Å². The zero-order chi connectivity index (χ0) is 13.9. The second-order valence-corrected chi connectivity index (χ2v) is 6.12. The van der Waals surface area contributed by atoms with Crippen LogP contribution >= 0.6 is 22.7 Å². The molecule has 1 atom stereocenters. The third-order valence-electron chi connectivity index (χ3n) is 3.11. The fourth-order valence-electron chi connectivity index (χ4n) is 2.05. The largest absolute Gasteiger partial charge is 0.387 e. The summed E-state index contributed by atoms with van der Waals surface area (Å²) < 4.78 is 1.14. The smallest absolute Gasteiger partial charge is 0.252 e. The molecule has 5 heteroatoms. The summed E-state index contributed by atoms with van der Waals surface area (Å²) >= 11 is 3.08. The number of hydrogen-bond donors (Lipinski definition) is 2. The fraction of sp³-hybridized carbons (Fsp3) is 0.133. The predicted molar refractivity (Wildman–Crippen MR) is 83.4 cm³/mol. The van der Waals surface area contributed by atoms with Gasteiger partial charge in [-0.1, -0.05) is 18.2 Å². The van der Waals surface area contributed by atoms with Gasteiger partial charge in [-0.3, -0.25) is 4.79 Å². The molecule has 0 aliphatic heterocycles. The van der Waals surface area contributed by atoms with E-state index in [1.807, 2.05) is 35.0 Å². The second kappa shape index (κ2) is 5.75. The number of carbonyl (C=O) groups is 1. The van der Waals surface area contributed by atoms with Gasteiger partial charge >= 0.3 is 0 Å². The molecule has 0 unspecified atom stereocenters. The molecule has 3 nitrogen and oxygen atoms in total. The first kappa shape index (κ1) is 13.3. The number of aliphatic hydroxyl groups is 1. The first-order valence-electron chi connectivity index (χ1n) is 6.20. The Morgan fingerprint density at radius 3 is 2.90 bits per heavy atom. The van der Waals surface area contributed by atoms with Crippen LogP contribution in [0.25, 0.3) is 10.1 Å². The Labute approximate surface area is 124 Å². The number of nitrogens with one attached hydrogen (secondary N) is 1. The second-order valence-electron chi connectivity index (χ2n) is 4.43. The van der Waals surface area contributed by atoms with E-state index in [0.717, 1.165) is 15.6 Å². The number of thiophene rings is 2. The lowest BCUT2D eigenvalue weighted by Crippen LogP contribution is -2.27. The Kier molecular flexibility index (Phi) is 3.82. The van der Waals surface area contributed by atoms with Crippen molar-refractivity contribution in [2.24, 2.45) is 0 Å². The van der Waals surface area contributed by atoms with Crippen LogP contribution < -0.4 is 5.32 Å². The molecule has 0 saturated heterocycles. The lowest BCUT2D eigenvalue weighted by atomic mass is 10.1. The van der Waals surface area contributed by atoms with Gasteiger partial charge < -0.3 is 10.4 Å². The van der Waals surface area contributed by atoms with Crippen molar-refractivity contribution in [3.05, 3.63) is 57.6 Å². The Bertz CT molecular complexity index is 718. The van der Waals surface area contributed by atoms with Gasteiger partial charge in [0.2, 0.25) is 0 Å². The van der Waals surface area contributed by atoms with Crippen molar-refractivity contribution in [1.29, 1.82) is 0 Å². The number of amides is 1. The molecule has 2 aromatic heterocycles. The van der Waals surface area contributed by atoms with Gasteiger partial charge in [0.05, 0.1) is 6.10 Å². The highest BCUT2D eigenvalue weighted by molar-refractivity contribution is 7.17. The molecular formula is C15H13NO2S2. The monoisotopic (exact) mass is 303 g/mol. The molecule has 3 aromatic rings. The van der Waals surface area contributed by atoms with Crippen molar-refractivity contribution < 1.29 is 9.90 Å². The molecule has 0 radical (unpaired) electrons. The van der Waals surface area contributed by atoms with Gasteiger partial charge in [-0.2, -0.15) is 11.3 Å². The topological polar surface area (TPSA) is 49.3 Å². The number of aliphatic hydroxyl groups excluding tert-OH is 1. The van der Waals surface area contributed by atoms with Gasteiger partial charge in [-0.15, -0.1) is 11.3 Å². The van der Waals surface area contributed by atoms with Crippen LogP contribution in [0.5, 0.6) is 0 Å². The minimum absolute atomic E-state index is 0.148. The maximum atomic E-state index is 11.8. The molecule has 1 aromatic carbocycles. The number of carbonyl (C=O) groups excluding carboxylic acids is 1. The third kappa shape index (κ3) is 2.60. The van der Waals surface area contributed by atoms with E-state index in [0.29, 0.717) is 5.56 Å². The van der Waals surface area contributed by atoms with Crippen LogP contribution in [0.2, 0.25) is 0 Å². The molecule has 2 heterocycles. The summed E-state index contributed by atoms with van der Waals surface area (Å²) in [6, 6.07) is 9.72. The average Bonchev–Trinajstić information content (AvgIpc) is 3.13. The van der Waals surface area contributed by atoms with Crippen LogP contribution in [0.3, 0.4) is 0 Å². The Morgan fingerprint density at radius 1 is 1.25 bits per heavy atom. The van der Waals surface area contributed by atoms with Gasteiger partial charge in [0.1, 0.15) is 0 Å². The van der Waals surface area contributed by atoms with Gasteiger partial charge in [0.15, 0.2) is 0 Å². The number of benzene rings is 1. The van der Waals surface area contributed by atoms with Crippen molar-refractivity contribution in [3.63, 3.8) is 0 Å². The summed E-state index contributed by atoms with van der Waals surface area (Å²) in [5, 5.41) is 19.7. The van der Waals surface area contributed by atoms with E-state index in [1.165, 1.54) is 11.3 Å². The molecule has 0 spiro atoms. The predicted octanol–water partition coefficient (Wildman–Crippen LogP) is 3.43. The van der Waals surface area contributed by atoms with Gasteiger partial charge in [-0.25, -0.2) is 0 Å². The maximum Gasteiger partial charge on any atom is 0.252 e. The van der Waals surface area contributed by atoms with E-state index < -0.39 is 6.10 Å². The van der Waals surface area contributed by atoms with Crippen LogP contribution in [-0.4, -0.2) is 17.6 Å². The molecule has 0 saturated carbocycles. The Morgan fingerprint density at radius 2 is 2.10 bits per heavy atom. The summed E-state index contributed by atoms with van der Waals surface area (Å²) in [6.45, 7) is 0.218. The summed E-state index contributed by atoms with van der Waals surface area (Å²) in [5.41, 5.74) is 1.51. The van der Waals surface area contributed by atoms with Crippen molar-refractivity contribution in [1.82, 2.24) is 5.32 Å². The molecule has 0 fully saturated rings. The molecule has 0 bridgehead atoms. The van der Waals surface area contributed by atoms with E-state index in [2.05, 4.69) is 5.32 Å². The highest BCUT2D eigenvalue weighted by Crippen LogP contribution is 2.29. The zero-order valence-corrected chi connectivity index (χ0v) is 12.2. The molecule has 3 rings (SSSR count). The number of rotatable bonds is 4. The number of hydrogen-bond acceptors (Lipinski definition) is 4. The highest BCUT2D eigenvalue weighted by atomic mass is 32.1. The lowest BCUT2D eigenvalue weighted by molar-refractivity contribution is 0.0917. The zero-order valence-electron chi connectivity index (χ0n) is 10.6. The van der Waals surface area contributed by atoms with Crippen LogP contribution in [0.1, 0.15) is 22.0 Å². The SMILES string of the molecule is O=C(NC[C@@H](O)c1csc2ccccc12)c1ccsc1. The molecule has 0 aliphatic carbocycles. The molecule has 20 heavy (non-hydrogen) atoms. The molecule has 0 aliphatic rings. The minimum atomic E-state index is -0.686. The van der Waals surface area contributed by atoms with Crippen LogP contribution in [-0.2, 0) is 0 Å². The normalized spacial score (nSPS) is 12.4. The first-order valence-corrected chi connectivity index (χ1v) is 8.02. The Balaban J connectivity index is 1.70. The molecule has 2 N–H and O–H groups in total. The summed E-state index contributed by atoms with van der Waals surface area (Å²) in [7, 11) is 0. The van der Waals surface area contributed by atoms with Crippen molar-refractivity contribution in [3.8, 4) is 0 Å². The van der Waals surface area contributed by atoms with Crippen LogP contribution in [0, 0.1) is 0 Å². The van der Waals surface area contributed by atoms with E-state index in [4.69, 9.17) is 0 Å². The standard InChI is InChI=1S/C15H13NO2S2/c17-13(7-16-15(18)10-5-6-19-8-10)12-9-20-14-4-2-1-3-11(12)14/h1-6,8-9,13,17H,7H2,(H,16,18)/t13-/m1/s1. The summed E-state index contributed by atoms with van der Waals surface area (Å²) in [6.07, 6.45) is -0.686.